The summed E-state index contributed by atoms with van der Waals surface area (Å²) in [7, 11) is 0. The van der Waals surface area contributed by atoms with Crippen molar-refractivity contribution in [2.45, 2.75) is 17.6 Å². The summed E-state index contributed by atoms with van der Waals surface area (Å²) in [6.07, 6.45) is 0. The van der Waals surface area contributed by atoms with Gasteiger partial charge in [-0.15, -0.1) is 11.8 Å². The average molecular weight is 373 g/mol. The first-order chi connectivity index (χ1) is 9.60. The molecule has 0 spiro atoms. The maximum atomic E-state index is 6.22. The van der Waals surface area contributed by atoms with Crippen LogP contribution in [0.25, 0.3) is 0 Å². The first-order valence-corrected chi connectivity index (χ1v) is 8.35. The van der Waals surface area contributed by atoms with E-state index >= 15 is 0 Å². The van der Waals surface area contributed by atoms with Crippen molar-refractivity contribution in [2.75, 3.05) is 12.3 Å². The number of hydrogen-bond acceptors (Lipinski definition) is 3. The average Bonchev–Trinajstić information content (AvgIpc) is 2.41. The standard InChI is InChI=1S/C15H15BrClNOS/c1-2-19-12-5-6-14(18)15(8-12)20-9-10-3-4-11(16)7-13(10)17/h3-8H,2,9,18H2,1H3. The molecule has 0 aliphatic carbocycles. The van der Waals surface area contributed by atoms with Crippen LogP contribution in [-0.2, 0) is 5.75 Å². The van der Waals surface area contributed by atoms with E-state index in [2.05, 4.69) is 15.9 Å². The van der Waals surface area contributed by atoms with E-state index in [0.717, 1.165) is 37.1 Å². The van der Waals surface area contributed by atoms with Gasteiger partial charge in [0.15, 0.2) is 0 Å². The molecule has 2 aromatic rings. The van der Waals surface area contributed by atoms with Crippen molar-refractivity contribution >= 4 is 45.0 Å². The molecule has 20 heavy (non-hydrogen) atoms. The molecule has 5 heteroatoms. The van der Waals surface area contributed by atoms with Crippen LogP contribution < -0.4 is 10.5 Å². The van der Waals surface area contributed by atoms with Crippen LogP contribution in [0.1, 0.15) is 12.5 Å². The maximum absolute atomic E-state index is 6.22. The summed E-state index contributed by atoms with van der Waals surface area (Å²) < 4.78 is 6.47. The number of thioether (sulfide) groups is 1. The van der Waals surface area contributed by atoms with Crippen LogP contribution in [0.4, 0.5) is 5.69 Å². The first kappa shape index (κ1) is 15.5. The molecule has 0 unspecified atom stereocenters. The lowest BCUT2D eigenvalue weighted by Gasteiger charge is -2.10. The predicted molar refractivity (Wildman–Crippen MR) is 90.7 cm³/mol. The minimum Gasteiger partial charge on any atom is -0.494 e. The van der Waals surface area contributed by atoms with Gasteiger partial charge < -0.3 is 10.5 Å². The lowest BCUT2D eigenvalue weighted by Crippen LogP contribution is -1.94. The second-order valence-electron chi connectivity index (χ2n) is 4.16. The van der Waals surface area contributed by atoms with Gasteiger partial charge in [-0.25, -0.2) is 0 Å². The second kappa shape index (κ2) is 7.25. The predicted octanol–water partition coefficient (Wildman–Crippen LogP) is 5.38. The van der Waals surface area contributed by atoms with Crippen molar-refractivity contribution in [3.63, 3.8) is 0 Å². The first-order valence-electron chi connectivity index (χ1n) is 6.19. The molecule has 2 N–H and O–H groups in total. The van der Waals surface area contributed by atoms with E-state index in [9.17, 15) is 0 Å². The molecule has 0 aliphatic heterocycles. The Kier molecular flexibility index (Phi) is 5.64. The molecule has 2 aromatic carbocycles. The normalized spacial score (nSPS) is 10.6. The SMILES string of the molecule is CCOc1ccc(N)c(SCc2ccc(Br)cc2Cl)c1. The number of nitrogens with two attached hydrogens (primary N) is 1. The van der Waals surface area contributed by atoms with Crippen LogP contribution in [0.3, 0.4) is 0 Å². The Hall–Kier alpha value is -0.840. The molecule has 0 radical (unpaired) electrons. The van der Waals surface area contributed by atoms with E-state index < -0.39 is 0 Å². The Morgan fingerprint density at radius 3 is 2.75 bits per heavy atom. The summed E-state index contributed by atoms with van der Waals surface area (Å²) in [5.41, 5.74) is 7.84. The van der Waals surface area contributed by atoms with Crippen molar-refractivity contribution < 1.29 is 4.74 Å². The Morgan fingerprint density at radius 1 is 1.25 bits per heavy atom. The molecule has 2 rings (SSSR count). The van der Waals surface area contributed by atoms with Crippen LogP contribution in [0, 0.1) is 0 Å². The topological polar surface area (TPSA) is 35.2 Å². The van der Waals surface area contributed by atoms with Crippen molar-refractivity contribution in [1.82, 2.24) is 0 Å². The van der Waals surface area contributed by atoms with Gasteiger partial charge >= 0.3 is 0 Å². The third-order valence-electron chi connectivity index (χ3n) is 2.69. The van der Waals surface area contributed by atoms with Gasteiger partial charge in [0.1, 0.15) is 5.75 Å². The number of ether oxygens (including phenoxy) is 1. The van der Waals surface area contributed by atoms with Crippen LogP contribution in [0.15, 0.2) is 45.8 Å². The molecule has 0 aromatic heterocycles. The highest BCUT2D eigenvalue weighted by atomic mass is 79.9. The van der Waals surface area contributed by atoms with Gasteiger partial charge in [0.25, 0.3) is 0 Å². The Labute approximate surface area is 136 Å². The third-order valence-corrected chi connectivity index (χ3v) is 4.66. The highest BCUT2D eigenvalue weighted by Gasteiger charge is 2.06. The minimum absolute atomic E-state index is 0.645. The molecule has 0 heterocycles. The van der Waals surface area contributed by atoms with E-state index in [-0.39, 0.29) is 0 Å². The van der Waals surface area contributed by atoms with Crippen molar-refractivity contribution in [2.24, 2.45) is 0 Å². The number of anilines is 1. The lowest BCUT2D eigenvalue weighted by atomic mass is 10.2. The van der Waals surface area contributed by atoms with Gasteiger partial charge in [0, 0.05) is 25.8 Å². The third kappa shape index (κ3) is 4.08. The molecule has 0 aliphatic rings. The number of hydrogen-bond donors (Lipinski definition) is 1. The van der Waals surface area contributed by atoms with E-state index in [4.69, 9.17) is 22.1 Å². The second-order valence-corrected chi connectivity index (χ2v) is 6.50. The molecule has 0 bridgehead atoms. The number of benzene rings is 2. The highest BCUT2D eigenvalue weighted by Crippen LogP contribution is 2.33. The molecule has 0 saturated carbocycles. The summed E-state index contributed by atoms with van der Waals surface area (Å²) in [6, 6.07) is 11.6. The van der Waals surface area contributed by atoms with Crippen LogP contribution in [0.2, 0.25) is 5.02 Å². The number of rotatable bonds is 5. The lowest BCUT2D eigenvalue weighted by molar-refractivity contribution is 0.339. The number of nitrogen functional groups attached to an aromatic ring is 1. The summed E-state index contributed by atoms with van der Waals surface area (Å²) in [6.45, 7) is 2.61. The molecular weight excluding hydrogens is 358 g/mol. The molecule has 2 nitrogen and oxygen atoms in total. The fourth-order valence-electron chi connectivity index (χ4n) is 1.69. The van der Waals surface area contributed by atoms with E-state index in [1.54, 1.807) is 11.8 Å². The zero-order chi connectivity index (χ0) is 14.5. The highest BCUT2D eigenvalue weighted by molar-refractivity contribution is 9.10. The van der Waals surface area contributed by atoms with Gasteiger partial charge in [0.05, 0.1) is 6.61 Å². The van der Waals surface area contributed by atoms with E-state index in [1.807, 2.05) is 43.3 Å². The fourth-order valence-corrected chi connectivity index (χ4v) is 3.51. The van der Waals surface area contributed by atoms with Gasteiger partial charge in [0.2, 0.25) is 0 Å². The van der Waals surface area contributed by atoms with Gasteiger partial charge in [-0.2, -0.15) is 0 Å². The molecular formula is C15H15BrClNOS. The van der Waals surface area contributed by atoms with Crippen molar-refractivity contribution in [3.05, 3.63) is 51.5 Å². The molecule has 0 atom stereocenters. The number of halogens is 2. The Balaban J connectivity index is 2.11. The van der Waals surface area contributed by atoms with Crippen LogP contribution >= 0.6 is 39.3 Å². The zero-order valence-electron chi connectivity index (χ0n) is 11.0. The molecule has 0 saturated heterocycles. The summed E-state index contributed by atoms with van der Waals surface area (Å²) in [4.78, 5) is 1.01. The fraction of sp³-hybridized carbons (Fsp3) is 0.200. The molecule has 106 valence electrons. The largest absolute Gasteiger partial charge is 0.494 e. The summed E-state index contributed by atoms with van der Waals surface area (Å²) in [5.74, 6) is 1.61. The maximum Gasteiger partial charge on any atom is 0.120 e. The van der Waals surface area contributed by atoms with E-state index in [1.165, 1.54) is 0 Å². The minimum atomic E-state index is 0.645. The zero-order valence-corrected chi connectivity index (χ0v) is 14.2. The van der Waals surface area contributed by atoms with E-state index in [0.29, 0.717) is 6.61 Å². The summed E-state index contributed by atoms with van der Waals surface area (Å²) in [5, 5.41) is 0.756. The van der Waals surface area contributed by atoms with Crippen molar-refractivity contribution in [1.29, 1.82) is 0 Å². The monoisotopic (exact) mass is 371 g/mol. The van der Waals surface area contributed by atoms with Gasteiger partial charge in [-0.3, -0.25) is 0 Å². The Bertz CT molecular complexity index is 606. The van der Waals surface area contributed by atoms with Gasteiger partial charge in [-0.05, 0) is 42.8 Å². The Morgan fingerprint density at radius 2 is 2.05 bits per heavy atom. The van der Waals surface area contributed by atoms with Crippen LogP contribution in [0.5, 0.6) is 5.75 Å². The van der Waals surface area contributed by atoms with Crippen molar-refractivity contribution in [3.8, 4) is 5.75 Å². The smallest absolute Gasteiger partial charge is 0.120 e. The summed E-state index contributed by atoms with van der Waals surface area (Å²) >= 11 is 11.3. The van der Waals surface area contributed by atoms with Gasteiger partial charge in [-0.1, -0.05) is 33.6 Å². The molecule has 0 fully saturated rings. The van der Waals surface area contributed by atoms with Crippen LogP contribution in [-0.4, -0.2) is 6.61 Å². The quantitative estimate of drug-likeness (QED) is 0.565. The molecule has 0 amide bonds.